The first kappa shape index (κ1) is 20.7. The van der Waals surface area contributed by atoms with Crippen LogP contribution < -0.4 is 9.46 Å². The Hall–Kier alpha value is -3.07. The first-order valence-corrected chi connectivity index (χ1v) is 10.5. The number of amides is 1. The first-order valence-electron chi connectivity index (χ1n) is 9.04. The van der Waals surface area contributed by atoms with Crippen LogP contribution in [0, 0.1) is 0 Å². The Morgan fingerprint density at radius 2 is 1.66 bits per heavy atom. The van der Waals surface area contributed by atoms with Crippen LogP contribution >= 0.6 is 0 Å². The number of hydrogen-bond donors (Lipinski definition) is 1. The third-order valence-electron chi connectivity index (χ3n) is 4.66. The maximum Gasteiger partial charge on any atom is 0.337 e. The van der Waals surface area contributed by atoms with Crippen LogP contribution in [0.25, 0.3) is 0 Å². The van der Waals surface area contributed by atoms with E-state index in [1.54, 1.807) is 4.90 Å². The van der Waals surface area contributed by atoms with E-state index in [4.69, 9.17) is 4.74 Å². The average molecular weight is 418 g/mol. The fraction of sp³-hybridized carbons (Fsp3) is 0.300. The summed E-state index contributed by atoms with van der Waals surface area (Å²) in [6.07, 6.45) is 1.85. The number of carbonyl (C=O) groups is 2. The van der Waals surface area contributed by atoms with Gasteiger partial charge in [0, 0.05) is 18.8 Å². The number of ether oxygens (including phenoxy) is 2. The van der Waals surface area contributed by atoms with Gasteiger partial charge in [0.25, 0.3) is 15.9 Å². The quantitative estimate of drug-likeness (QED) is 0.724. The summed E-state index contributed by atoms with van der Waals surface area (Å²) in [5.41, 5.74) is 0.789. The molecule has 3 rings (SSSR count). The van der Waals surface area contributed by atoms with E-state index in [-0.39, 0.29) is 22.1 Å². The lowest BCUT2D eigenvalue weighted by atomic mass is 10.1. The zero-order valence-electron chi connectivity index (χ0n) is 16.2. The Morgan fingerprint density at radius 3 is 2.24 bits per heavy atom. The molecule has 1 aliphatic heterocycles. The lowest BCUT2D eigenvalue weighted by molar-refractivity contribution is 0.0600. The van der Waals surface area contributed by atoms with Crippen LogP contribution in [0.15, 0.2) is 47.4 Å². The smallest absolute Gasteiger partial charge is 0.337 e. The average Bonchev–Trinajstić information content (AvgIpc) is 3.27. The van der Waals surface area contributed by atoms with Gasteiger partial charge >= 0.3 is 5.97 Å². The molecule has 2 aromatic carbocycles. The molecule has 0 radical (unpaired) electrons. The van der Waals surface area contributed by atoms with Crippen LogP contribution in [-0.2, 0) is 14.8 Å². The summed E-state index contributed by atoms with van der Waals surface area (Å²) in [5.74, 6) is -0.443. The number of hydrogen-bond acceptors (Lipinski definition) is 6. The molecule has 0 saturated carbocycles. The first-order chi connectivity index (χ1) is 13.9. The van der Waals surface area contributed by atoms with Crippen molar-refractivity contribution in [1.29, 1.82) is 0 Å². The molecule has 0 aliphatic carbocycles. The highest BCUT2D eigenvalue weighted by Gasteiger charge is 2.25. The Balaban J connectivity index is 1.87. The number of anilines is 1. The standard InChI is InChI=1S/C20H22N2O6S/c1-27-18-10-9-16(13-17(18)19(23)22-11-3-4-12-22)29(25,26)21-15-7-5-14(6-8-15)20(24)28-2/h5-10,13,21H,3-4,11-12H2,1-2H3. The number of likely N-dealkylation sites (tertiary alicyclic amines) is 1. The fourth-order valence-electron chi connectivity index (χ4n) is 3.12. The number of sulfonamides is 1. The maximum absolute atomic E-state index is 12.8. The van der Waals surface area contributed by atoms with E-state index in [0.717, 1.165) is 12.8 Å². The van der Waals surface area contributed by atoms with Crippen molar-refractivity contribution in [2.45, 2.75) is 17.7 Å². The Morgan fingerprint density at radius 1 is 1.00 bits per heavy atom. The molecule has 1 fully saturated rings. The second-order valence-corrected chi connectivity index (χ2v) is 8.22. The summed E-state index contributed by atoms with van der Waals surface area (Å²) < 4.78 is 37.9. The van der Waals surface area contributed by atoms with Crippen molar-refractivity contribution in [3.63, 3.8) is 0 Å². The Labute approximate surface area is 169 Å². The molecule has 2 aromatic rings. The highest BCUT2D eigenvalue weighted by atomic mass is 32.2. The highest BCUT2D eigenvalue weighted by molar-refractivity contribution is 7.92. The molecule has 1 heterocycles. The summed E-state index contributed by atoms with van der Waals surface area (Å²) in [6.45, 7) is 1.29. The molecule has 0 bridgehead atoms. The molecule has 154 valence electrons. The monoisotopic (exact) mass is 418 g/mol. The van der Waals surface area contributed by atoms with Gasteiger partial charge in [-0.2, -0.15) is 0 Å². The van der Waals surface area contributed by atoms with Crippen molar-refractivity contribution in [2.24, 2.45) is 0 Å². The van der Waals surface area contributed by atoms with Crippen LogP contribution in [0.4, 0.5) is 5.69 Å². The lowest BCUT2D eigenvalue weighted by Crippen LogP contribution is -2.28. The number of carbonyl (C=O) groups excluding carboxylic acids is 2. The van der Waals surface area contributed by atoms with Crippen molar-refractivity contribution in [1.82, 2.24) is 4.90 Å². The molecule has 9 heteroatoms. The molecule has 1 aliphatic rings. The van der Waals surface area contributed by atoms with E-state index in [1.165, 1.54) is 56.7 Å². The summed E-state index contributed by atoms with van der Waals surface area (Å²) in [7, 11) is -1.25. The molecular weight excluding hydrogens is 396 g/mol. The van der Waals surface area contributed by atoms with Crippen molar-refractivity contribution in [2.75, 3.05) is 32.0 Å². The molecule has 8 nitrogen and oxygen atoms in total. The van der Waals surface area contributed by atoms with Gasteiger partial charge in [-0.1, -0.05) is 0 Å². The van der Waals surface area contributed by atoms with E-state index in [1.807, 2.05) is 0 Å². The Bertz CT molecular complexity index is 1010. The minimum Gasteiger partial charge on any atom is -0.496 e. The molecular formula is C20H22N2O6S. The SMILES string of the molecule is COC(=O)c1ccc(NS(=O)(=O)c2ccc(OC)c(C(=O)N3CCCC3)c2)cc1. The number of nitrogens with one attached hydrogen (secondary N) is 1. The van der Waals surface area contributed by atoms with Gasteiger partial charge in [-0.05, 0) is 55.3 Å². The van der Waals surface area contributed by atoms with Gasteiger partial charge in [0.05, 0.1) is 30.2 Å². The second kappa shape index (κ2) is 8.52. The predicted octanol–water partition coefficient (Wildman–Crippen LogP) is 2.52. The zero-order chi connectivity index (χ0) is 21.0. The third kappa shape index (κ3) is 4.51. The number of rotatable bonds is 6. The van der Waals surface area contributed by atoms with Gasteiger partial charge in [-0.25, -0.2) is 13.2 Å². The van der Waals surface area contributed by atoms with E-state index in [2.05, 4.69) is 9.46 Å². The van der Waals surface area contributed by atoms with Crippen LogP contribution in [-0.4, -0.2) is 52.5 Å². The summed E-state index contributed by atoms with van der Waals surface area (Å²) in [6, 6.07) is 10.0. The van der Waals surface area contributed by atoms with E-state index >= 15 is 0 Å². The largest absolute Gasteiger partial charge is 0.496 e. The number of esters is 1. The number of methoxy groups -OCH3 is 2. The summed E-state index contributed by atoms with van der Waals surface area (Å²) in [4.78, 5) is 25.9. The number of benzene rings is 2. The van der Waals surface area contributed by atoms with Crippen LogP contribution in [0.1, 0.15) is 33.6 Å². The molecule has 1 N–H and O–H groups in total. The van der Waals surface area contributed by atoms with Gasteiger partial charge in [-0.15, -0.1) is 0 Å². The zero-order valence-corrected chi connectivity index (χ0v) is 17.0. The molecule has 1 saturated heterocycles. The summed E-state index contributed by atoms with van der Waals surface area (Å²) in [5, 5.41) is 0. The molecule has 1 amide bonds. The van der Waals surface area contributed by atoms with Crippen molar-refractivity contribution in [3.8, 4) is 5.75 Å². The topological polar surface area (TPSA) is 102 Å². The molecule has 0 atom stereocenters. The highest BCUT2D eigenvalue weighted by Crippen LogP contribution is 2.26. The van der Waals surface area contributed by atoms with Crippen LogP contribution in [0.3, 0.4) is 0 Å². The van der Waals surface area contributed by atoms with E-state index in [0.29, 0.717) is 24.4 Å². The lowest BCUT2D eigenvalue weighted by Gasteiger charge is -2.18. The normalized spacial score (nSPS) is 13.8. The van der Waals surface area contributed by atoms with E-state index in [9.17, 15) is 18.0 Å². The van der Waals surface area contributed by atoms with Crippen LogP contribution in [0.2, 0.25) is 0 Å². The predicted molar refractivity (Wildman–Crippen MR) is 107 cm³/mol. The van der Waals surface area contributed by atoms with Gasteiger partial charge in [0.1, 0.15) is 5.75 Å². The summed E-state index contributed by atoms with van der Waals surface area (Å²) >= 11 is 0. The van der Waals surface area contributed by atoms with Gasteiger partial charge < -0.3 is 14.4 Å². The minimum atomic E-state index is -3.95. The molecule has 0 aromatic heterocycles. The third-order valence-corrected chi connectivity index (χ3v) is 6.04. The van der Waals surface area contributed by atoms with Gasteiger partial charge in [-0.3, -0.25) is 9.52 Å². The second-order valence-electron chi connectivity index (χ2n) is 6.54. The van der Waals surface area contributed by atoms with Gasteiger partial charge in [0.2, 0.25) is 0 Å². The van der Waals surface area contributed by atoms with Crippen molar-refractivity contribution < 1.29 is 27.5 Å². The van der Waals surface area contributed by atoms with Crippen molar-refractivity contribution in [3.05, 3.63) is 53.6 Å². The van der Waals surface area contributed by atoms with E-state index < -0.39 is 16.0 Å². The molecule has 0 spiro atoms. The maximum atomic E-state index is 12.8. The Kier molecular flexibility index (Phi) is 6.07. The molecule has 29 heavy (non-hydrogen) atoms. The van der Waals surface area contributed by atoms with Crippen molar-refractivity contribution >= 4 is 27.6 Å². The minimum absolute atomic E-state index is 0.0575. The van der Waals surface area contributed by atoms with Crippen LogP contribution in [0.5, 0.6) is 5.75 Å². The van der Waals surface area contributed by atoms with Gasteiger partial charge in [0.15, 0.2) is 0 Å². The molecule has 0 unspecified atom stereocenters. The number of nitrogens with zero attached hydrogens (tertiary/aromatic N) is 1. The fourth-order valence-corrected chi connectivity index (χ4v) is 4.20.